The van der Waals surface area contributed by atoms with Crippen LogP contribution in [0.5, 0.6) is 0 Å². The number of aromatic nitrogens is 4. The first-order valence-corrected chi connectivity index (χ1v) is 9.60. The maximum atomic E-state index is 12.9. The van der Waals surface area contributed by atoms with E-state index in [2.05, 4.69) is 20.5 Å². The highest BCUT2D eigenvalue weighted by Crippen LogP contribution is 2.35. The minimum Gasteiger partial charge on any atom is -0.382 e. The van der Waals surface area contributed by atoms with Crippen LogP contribution < -0.4 is 11.1 Å². The number of anilines is 1. The van der Waals surface area contributed by atoms with Gasteiger partial charge < -0.3 is 11.1 Å². The smallest absolute Gasteiger partial charge is 0.190 e. The van der Waals surface area contributed by atoms with Crippen LogP contribution in [0.25, 0.3) is 33.4 Å². The van der Waals surface area contributed by atoms with Crippen LogP contribution in [0.1, 0.15) is 10.5 Å². The third-order valence-corrected chi connectivity index (χ3v) is 5.43. The molecule has 0 atom stereocenters. The summed E-state index contributed by atoms with van der Waals surface area (Å²) in [6.45, 7) is 1.26. The first kappa shape index (κ1) is 17.8. The molecule has 1 aliphatic rings. The van der Waals surface area contributed by atoms with Crippen molar-refractivity contribution in [3.8, 4) is 22.5 Å². The van der Waals surface area contributed by atoms with Gasteiger partial charge in [0, 0.05) is 35.5 Å². The number of carbonyl (C=O) groups excluding carboxylic acids is 1. The Morgan fingerprint density at radius 2 is 1.83 bits per heavy atom. The summed E-state index contributed by atoms with van der Waals surface area (Å²) in [5, 5.41) is 11.4. The number of ketones is 1. The average Bonchev–Trinajstić information content (AvgIpc) is 3.16. The molecule has 2 aromatic heterocycles. The number of halogens is 1. The molecule has 0 saturated carbocycles. The van der Waals surface area contributed by atoms with E-state index in [4.69, 9.17) is 22.3 Å². The summed E-state index contributed by atoms with van der Waals surface area (Å²) in [4.78, 5) is 22.1. The number of benzene rings is 2. The molecule has 4 aromatic rings. The number of nitrogens with one attached hydrogen (secondary N) is 2. The Bertz CT molecular complexity index is 1230. The van der Waals surface area contributed by atoms with E-state index < -0.39 is 0 Å². The van der Waals surface area contributed by atoms with E-state index in [1.165, 1.54) is 0 Å². The Morgan fingerprint density at radius 3 is 2.55 bits per heavy atom. The van der Waals surface area contributed by atoms with Gasteiger partial charge in [-0.15, -0.1) is 0 Å². The van der Waals surface area contributed by atoms with Gasteiger partial charge >= 0.3 is 0 Å². The maximum Gasteiger partial charge on any atom is 0.190 e. The van der Waals surface area contributed by atoms with E-state index in [9.17, 15) is 4.79 Å². The van der Waals surface area contributed by atoms with Crippen molar-refractivity contribution in [3.63, 3.8) is 0 Å². The minimum atomic E-state index is -0.123. The molecule has 0 amide bonds. The SMILES string of the molecule is Nc1nc(-c2ccccc2)c(-c2cc(Cl)c3[nH]ncc3c2)nc1C(=O)C1CNC1. The first-order chi connectivity index (χ1) is 14.1. The van der Waals surface area contributed by atoms with Gasteiger partial charge in [0.05, 0.1) is 28.1 Å². The van der Waals surface area contributed by atoms with Crippen molar-refractivity contribution in [2.75, 3.05) is 18.8 Å². The van der Waals surface area contributed by atoms with Crippen molar-refractivity contribution in [1.82, 2.24) is 25.5 Å². The van der Waals surface area contributed by atoms with Gasteiger partial charge in [-0.2, -0.15) is 5.10 Å². The zero-order valence-electron chi connectivity index (χ0n) is 15.3. The van der Waals surface area contributed by atoms with Crippen LogP contribution in [0.4, 0.5) is 5.82 Å². The fourth-order valence-corrected chi connectivity index (χ4v) is 3.72. The number of nitrogen functional groups attached to an aromatic ring is 1. The summed E-state index contributed by atoms with van der Waals surface area (Å²) >= 11 is 6.45. The second-order valence-corrected chi connectivity index (χ2v) is 7.44. The summed E-state index contributed by atoms with van der Waals surface area (Å²) in [5.74, 6) is -0.0768. The molecule has 0 radical (unpaired) electrons. The van der Waals surface area contributed by atoms with Crippen molar-refractivity contribution < 1.29 is 4.79 Å². The van der Waals surface area contributed by atoms with E-state index in [0.717, 1.165) is 22.0 Å². The van der Waals surface area contributed by atoms with E-state index in [1.54, 1.807) is 12.3 Å². The van der Waals surface area contributed by atoms with Crippen LogP contribution >= 0.6 is 11.6 Å². The predicted molar refractivity (Wildman–Crippen MR) is 113 cm³/mol. The molecule has 2 aromatic carbocycles. The molecule has 3 heterocycles. The molecule has 1 saturated heterocycles. The molecule has 0 aliphatic carbocycles. The number of aromatic amines is 1. The Labute approximate surface area is 171 Å². The largest absolute Gasteiger partial charge is 0.382 e. The Kier molecular flexibility index (Phi) is 4.26. The molecule has 8 heteroatoms. The van der Waals surface area contributed by atoms with Gasteiger partial charge in [-0.3, -0.25) is 9.89 Å². The van der Waals surface area contributed by atoms with Crippen molar-refractivity contribution in [2.24, 2.45) is 5.92 Å². The topological polar surface area (TPSA) is 110 Å². The molecular weight excluding hydrogens is 388 g/mol. The van der Waals surface area contributed by atoms with E-state index in [1.807, 2.05) is 36.4 Å². The second kappa shape index (κ2) is 6.95. The highest BCUT2D eigenvalue weighted by Gasteiger charge is 2.30. The molecule has 5 rings (SSSR count). The molecule has 4 N–H and O–H groups in total. The zero-order chi connectivity index (χ0) is 20.0. The molecule has 1 fully saturated rings. The van der Waals surface area contributed by atoms with Gasteiger partial charge in [-0.25, -0.2) is 9.97 Å². The number of hydrogen-bond donors (Lipinski definition) is 3. The summed E-state index contributed by atoms with van der Waals surface area (Å²) in [7, 11) is 0. The summed E-state index contributed by atoms with van der Waals surface area (Å²) < 4.78 is 0. The fourth-order valence-electron chi connectivity index (χ4n) is 3.45. The third kappa shape index (κ3) is 3.04. The molecule has 29 heavy (non-hydrogen) atoms. The van der Waals surface area contributed by atoms with Crippen LogP contribution in [0, 0.1) is 5.92 Å². The van der Waals surface area contributed by atoms with Gasteiger partial charge in [0.1, 0.15) is 5.69 Å². The van der Waals surface area contributed by atoms with Gasteiger partial charge in [0.15, 0.2) is 11.6 Å². The number of fused-ring (bicyclic) bond motifs is 1. The monoisotopic (exact) mass is 404 g/mol. The fraction of sp³-hybridized carbons (Fsp3) is 0.143. The normalized spacial score (nSPS) is 14.1. The van der Waals surface area contributed by atoms with Crippen molar-refractivity contribution in [1.29, 1.82) is 0 Å². The van der Waals surface area contributed by atoms with Gasteiger partial charge in [-0.1, -0.05) is 41.9 Å². The molecule has 1 aliphatic heterocycles. The number of hydrogen-bond acceptors (Lipinski definition) is 6. The van der Waals surface area contributed by atoms with Crippen LogP contribution in [0.15, 0.2) is 48.7 Å². The quantitative estimate of drug-likeness (QED) is 0.450. The highest BCUT2D eigenvalue weighted by atomic mass is 35.5. The number of H-pyrrole nitrogens is 1. The number of nitrogens with two attached hydrogens (primary N) is 1. The summed E-state index contributed by atoms with van der Waals surface area (Å²) in [6.07, 6.45) is 1.70. The Balaban J connectivity index is 1.74. The lowest BCUT2D eigenvalue weighted by molar-refractivity contribution is 0.0873. The summed E-state index contributed by atoms with van der Waals surface area (Å²) in [6, 6.07) is 13.4. The molecular formula is C21H17ClN6O. The maximum absolute atomic E-state index is 12.9. The number of rotatable bonds is 4. The lowest BCUT2D eigenvalue weighted by Gasteiger charge is -2.25. The van der Waals surface area contributed by atoms with Gasteiger partial charge in [0.25, 0.3) is 0 Å². The predicted octanol–water partition coefficient (Wildman–Crippen LogP) is 3.32. The number of nitrogens with zero attached hydrogens (tertiary/aromatic N) is 3. The second-order valence-electron chi connectivity index (χ2n) is 7.03. The van der Waals surface area contributed by atoms with Gasteiger partial charge in [0.2, 0.25) is 0 Å². The molecule has 0 unspecified atom stereocenters. The first-order valence-electron chi connectivity index (χ1n) is 9.22. The zero-order valence-corrected chi connectivity index (χ0v) is 16.1. The van der Waals surface area contributed by atoms with E-state index in [-0.39, 0.29) is 23.2 Å². The van der Waals surface area contributed by atoms with E-state index in [0.29, 0.717) is 29.5 Å². The van der Waals surface area contributed by atoms with Gasteiger partial charge in [-0.05, 0) is 12.1 Å². The Morgan fingerprint density at radius 1 is 1.07 bits per heavy atom. The molecule has 0 bridgehead atoms. The summed E-state index contributed by atoms with van der Waals surface area (Å²) in [5.41, 5.74) is 9.89. The van der Waals surface area contributed by atoms with Crippen molar-refractivity contribution in [2.45, 2.75) is 0 Å². The minimum absolute atomic E-state index is 0.0925. The molecule has 144 valence electrons. The molecule has 0 spiro atoms. The third-order valence-electron chi connectivity index (χ3n) is 5.13. The van der Waals surface area contributed by atoms with Crippen molar-refractivity contribution >= 4 is 34.1 Å². The number of carbonyl (C=O) groups is 1. The lowest BCUT2D eigenvalue weighted by Crippen LogP contribution is -2.47. The molecule has 7 nitrogen and oxygen atoms in total. The Hall–Kier alpha value is -3.29. The van der Waals surface area contributed by atoms with Crippen LogP contribution in [-0.4, -0.2) is 39.0 Å². The average molecular weight is 405 g/mol. The lowest BCUT2D eigenvalue weighted by atomic mass is 9.95. The standard InChI is InChI=1S/C21H17ClN6O/c22-15-7-12(6-13-10-25-28-16(13)15)18-17(11-4-2-1-3-5-11)27-21(23)19(26-18)20(29)14-8-24-9-14/h1-7,10,14,24H,8-9H2,(H2,23,27)(H,25,28). The van der Waals surface area contributed by atoms with Crippen LogP contribution in [0.2, 0.25) is 5.02 Å². The van der Waals surface area contributed by atoms with Crippen LogP contribution in [0.3, 0.4) is 0 Å². The number of Topliss-reactive ketones (excluding diaryl/α,β-unsaturated/α-hetero) is 1. The van der Waals surface area contributed by atoms with E-state index >= 15 is 0 Å². The highest BCUT2D eigenvalue weighted by molar-refractivity contribution is 6.35. The van der Waals surface area contributed by atoms with Crippen molar-refractivity contribution in [3.05, 3.63) is 59.4 Å². The van der Waals surface area contributed by atoms with Crippen LogP contribution in [-0.2, 0) is 0 Å².